The molecular weight excluding hydrogens is 228 g/mol. The molecule has 2 aliphatic rings. The minimum Gasteiger partial charge on any atom is -0.344 e. The molecule has 0 aromatic heterocycles. The van der Waals surface area contributed by atoms with E-state index in [0.29, 0.717) is 13.0 Å². The summed E-state index contributed by atoms with van der Waals surface area (Å²) in [7, 11) is 0. The Hall–Kier alpha value is -1.06. The first-order valence-electron chi connectivity index (χ1n) is 7.29. The van der Waals surface area contributed by atoms with Crippen molar-refractivity contribution in [3.63, 3.8) is 0 Å². The predicted molar refractivity (Wildman–Crippen MR) is 70.0 cm³/mol. The van der Waals surface area contributed by atoms with Gasteiger partial charge in [-0.05, 0) is 25.2 Å². The first-order valence-corrected chi connectivity index (χ1v) is 7.29. The van der Waals surface area contributed by atoms with Crippen LogP contribution in [-0.4, -0.2) is 35.8 Å². The Balaban J connectivity index is 1.85. The molecule has 2 amide bonds. The highest BCUT2D eigenvalue weighted by Crippen LogP contribution is 2.33. The van der Waals surface area contributed by atoms with Gasteiger partial charge in [0, 0.05) is 19.5 Å². The topological polar surface area (TPSA) is 49.4 Å². The maximum absolute atomic E-state index is 12.3. The van der Waals surface area contributed by atoms with Crippen LogP contribution >= 0.6 is 0 Å². The molecule has 1 aliphatic heterocycles. The van der Waals surface area contributed by atoms with Crippen LogP contribution in [0.25, 0.3) is 0 Å². The zero-order valence-electron chi connectivity index (χ0n) is 11.3. The van der Waals surface area contributed by atoms with Gasteiger partial charge in [0.2, 0.25) is 11.8 Å². The van der Waals surface area contributed by atoms with Crippen LogP contribution in [0.1, 0.15) is 51.9 Å². The number of carbonyl (C=O) groups is 2. The summed E-state index contributed by atoms with van der Waals surface area (Å²) in [6.45, 7) is 3.46. The molecular formula is C14H24N2O2. The summed E-state index contributed by atoms with van der Waals surface area (Å²) >= 11 is 0. The number of rotatable bonds is 6. The average molecular weight is 252 g/mol. The number of nitrogens with one attached hydrogen (secondary N) is 1. The summed E-state index contributed by atoms with van der Waals surface area (Å²) in [6, 6.07) is -0.286. The highest BCUT2D eigenvalue weighted by atomic mass is 16.2. The fourth-order valence-corrected chi connectivity index (χ4v) is 2.58. The summed E-state index contributed by atoms with van der Waals surface area (Å²) in [6.07, 6.45) is 7.19. The first kappa shape index (κ1) is 13.4. The third-order valence-corrected chi connectivity index (χ3v) is 3.87. The summed E-state index contributed by atoms with van der Waals surface area (Å²) < 4.78 is 0. The van der Waals surface area contributed by atoms with Gasteiger partial charge in [0.05, 0.1) is 0 Å². The van der Waals surface area contributed by atoms with E-state index in [0.717, 1.165) is 31.7 Å². The maximum atomic E-state index is 12.3. The van der Waals surface area contributed by atoms with Gasteiger partial charge in [-0.15, -0.1) is 0 Å². The normalized spacial score (nSPS) is 24.9. The maximum Gasteiger partial charge on any atom is 0.245 e. The zero-order chi connectivity index (χ0) is 13.0. The molecule has 1 heterocycles. The van der Waals surface area contributed by atoms with Crippen LogP contribution in [0.3, 0.4) is 0 Å². The Labute approximate surface area is 109 Å². The lowest BCUT2D eigenvalue weighted by Crippen LogP contribution is -2.44. The average Bonchev–Trinajstić information content (AvgIpc) is 3.16. The van der Waals surface area contributed by atoms with Gasteiger partial charge in [-0.3, -0.25) is 9.59 Å². The summed E-state index contributed by atoms with van der Waals surface area (Å²) in [5.41, 5.74) is 0. The summed E-state index contributed by atoms with van der Waals surface area (Å²) in [5.74, 6) is 1.06. The molecule has 0 aromatic carbocycles. The molecule has 1 aliphatic carbocycles. The molecule has 0 bridgehead atoms. The van der Waals surface area contributed by atoms with Gasteiger partial charge in [-0.1, -0.05) is 26.2 Å². The number of hydrogen-bond donors (Lipinski definition) is 1. The number of hydrogen-bond acceptors (Lipinski definition) is 2. The Bertz CT molecular complexity index is 313. The Morgan fingerprint density at radius 1 is 1.28 bits per heavy atom. The third-order valence-electron chi connectivity index (χ3n) is 3.87. The molecule has 18 heavy (non-hydrogen) atoms. The van der Waals surface area contributed by atoms with E-state index in [2.05, 4.69) is 5.32 Å². The highest BCUT2D eigenvalue weighted by molar-refractivity contribution is 5.89. The van der Waals surface area contributed by atoms with Gasteiger partial charge in [-0.25, -0.2) is 0 Å². The second kappa shape index (κ2) is 6.21. The van der Waals surface area contributed by atoms with E-state index in [1.54, 1.807) is 0 Å². The first-order chi connectivity index (χ1) is 8.70. The molecule has 0 radical (unpaired) electrons. The van der Waals surface area contributed by atoms with Crippen LogP contribution < -0.4 is 5.32 Å². The smallest absolute Gasteiger partial charge is 0.245 e. The second-order valence-corrected chi connectivity index (χ2v) is 5.57. The van der Waals surface area contributed by atoms with Crippen LogP contribution in [0.5, 0.6) is 0 Å². The van der Waals surface area contributed by atoms with Crippen molar-refractivity contribution in [3.8, 4) is 0 Å². The fourth-order valence-electron chi connectivity index (χ4n) is 2.58. The zero-order valence-corrected chi connectivity index (χ0v) is 11.3. The molecule has 1 atom stereocenters. The molecule has 4 heteroatoms. The predicted octanol–water partition coefficient (Wildman–Crippen LogP) is 1.69. The van der Waals surface area contributed by atoms with Gasteiger partial charge in [0.25, 0.3) is 0 Å². The van der Waals surface area contributed by atoms with E-state index in [1.807, 2.05) is 11.8 Å². The van der Waals surface area contributed by atoms with Crippen LogP contribution in [-0.2, 0) is 9.59 Å². The molecule has 0 spiro atoms. The van der Waals surface area contributed by atoms with Crippen LogP contribution in [0, 0.1) is 5.92 Å². The van der Waals surface area contributed by atoms with Crippen molar-refractivity contribution in [2.75, 3.05) is 13.1 Å². The number of carbonyl (C=O) groups excluding carboxylic acids is 2. The Morgan fingerprint density at radius 2 is 2.06 bits per heavy atom. The van der Waals surface area contributed by atoms with Crippen molar-refractivity contribution >= 4 is 11.8 Å². The Kier molecular flexibility index (Phi) is 4.61. The largest absolute Gasteiger partial charge is 0.344 e. The van der Waals surface area contributed by atoms with Crippen LogP contribution in [0.2, 0.25) is 0 Å². The van der Waals surface area contributed by atoms with E-state index in [1.165, 1.54) is 19.3 Å². The number of nitrogens with zero attached hydrogens (tertiary/aromatic N) is 1. The van der Waals surface area contributed by atoms with E-state index in [-0.39, 0.29) is 17.9 Å². The lowest BCUT2D eigenvalue weighted by atomic mass is 10.1. The Morgan fingerprint density at radius 3 is 2.72 bits per heavy atom. The minimum absolute atomic E-state index is 0.0199. The van der Waals surface area contributed by atoms with Crippen molar-refractivity contribution < 1.29 is 9.59 Å². The van der Waals surface area contributed by atoms with Crippen molar-refractivity contribution in [1.82, 2.24) is 10.2 Å². The lowest BCUT2D eigenvalue weighted by Gasteiger charge is -2.23. The molecule has 0 aromatic rings. The van der Waals surface area contributed by atoms with E-state index in [9.17, 15) is 9.59 Å². The summed E-state index contributed by atoms with van der Waals surface area (Å²) in [4.78, 5) is 25.7. The molecule has 1 saturated carbocycles. The molecule has 2 fully saturated rings. The highest BCUT2D eigenvalue weighted by Gasteiger charge is 2.29. The fraction of sp³-hybridized carbons (Fsp3) is 0.857. The van der Waals surface area contributed by atoms with Crippen molar-refractivity contribution in [2.24, 2.45) is 5.92 Å². The van der Waals surface area contributed by atoms with Crippen molar-refractivity contribution in [3.05, 3.63) is 0 Å². The third kappa shape index (κ3) is 3.72. The van der Waals surface area contributed by atoms with Crippen molar-refractivity contribution in [1.29, 1.82) is 0 Å². The molecule has 1 unspecified atom stereocenters. The minimum atomic E-state index is -0.286. The standard InChI is InChI=1S/C14H24N2O2/c1-2-4-12-14(18)16(10-8-13(17)15-12)9-3-5-11-6-7-11/h11-12H,2-10H2,1H3,(H,15,17). The second-order valence-electron chi connectivity index (χ2n) is 5.57. The molecule has 1 saturated heterocycles. The monoisotopic (exact) mass is 252 g/mol. The van der Waals surface area contributed by atoms with E-state index < -0.39 is 0 Å². The van der Waals surface area contributed by atoms with Gasteiger partial charge in [-0.2, -0.15) is 0 Å². The lowest BCUT2D eigenvalue weighted by molar-refractivity contribution is -0.133. The van der Waals surface area contributed by atoms with Gasteiger partial charge < -0.3 is 10.2 Å². The van der Waals surface area contributed by atoms with Gasteiger partial charge >= 0.3 is 0 Å². The summed E-state index contributed by atoms with van der Waals surface area (Å²) in [5, 5.41) is 2.84. The van der Waals surface area contributed by atoms with Crippen molar-refractivity contribution in [2.45, 2.75) is 57.9 Å². The SMILES string of the molecule is CCCC1NC(=O)CCN(CCCC2CC2)C1=O. The molecule has 2 rings (SSSR count). The van der Waals surface area contributed by atoms with E-state index in [4.69, 9.17) is 0 Å². The molecule has 4 nitrogen and oxygen atoms in total. The van der Waals surface area contributed by atoms with Gasteiger partial charge in [0.15, 0.2) is 0 Å². The van der Waals surface area contributed by atoms with E-state index >= 15 is 0 Å². The quantitative estimate of drug-likeness (QED) is 0.782. The van der Waals surface area contributed by atoms with Gasteiger partial charge in [0.1, 0.15) is 6.04 Å². The molecule has 102 valence electrons. The van der Waals surface area contributed by atoms with Crippen LogP contribution in [0.4, 0.5) is 0 Å². The van der Waals surface area contributed by atoms with Crippen LogP contribution in [0.15, 0.2) is 0 Å². The molecule has 1 N–H and O–H groups in total. The number of amides is 2.